The van der Waals surface area contributed by atoms with Crippen molar-refractivity contribution in [3.8, 4) is 0 Å². The SMILES string of the molecule is CCCc1csc(Cc2cccc(C(F)(F)F)c2)n1. The zero-order chi connectivity index (χ0) is 13.9. The largest absolute Gasteiger partial charge is 0.416 e. The lowest BCUT2D eigenvalue weighted by Crippen LogP contribution is -2.05. The molecule has 0 aliphatic heterocycles. The van der Waals surface area contributed by atoms with Crippen LogP contribution in [0.2, 0.25) is 0 Å². The van der Waals surface area contributed by atoms with Gasteiger partial charge in [-0.15, -0.1) is 11.3 Å². The van der Waals surface area contributed by atoms with Crippen LogP contribution in [0.4, 0.5) is 13.2 Å². The molecule has 0 bridgehead atoms. The fourth-order valence-electron chi connectivity index (χ4n) is 1.83. The first-order valence-corrected chi connectivity index (χ1v) is 6.96. The maximum Gasteiger partial charge on any atom is 0.416 e. The number of nitrogens with zero attached hydrogens (tertiary/aromatic N) is 1. The number of hydrogen-bond donors (Lipinski definition) is 0. The van der Waals surface area contributed by atoms with E-state index in [0.29, 0.717) is 12.0 Å². The van der Waals surface area contributed by atoms with Gasteiger partial charge in [-0.1, -0.05) is 31.5 Å². The molecule has 0 saturated heterocycles. The highest BCUT2D eigenvalue weighted by Crippen LogP contribution is 2.30. The van der Waals surface area contributed by atoms with Crippen molar-refractivity contribution in [1.29, 1.82) is 0 Å². The van der Waals surface area contributed by atoms with Crippen LogP contribution < -0.4 is 0 Å². The van der Waals surface area contributed by atoms with E-state index in [1.165, 1.54) is 23.5 Å². The molecule has 0 radical (unpaired) electrons. The van der Waals surface area contributed by atoms with Crippen molar-refractivity contribution in [1.82, 2.24) is 4.98 Å². The second-order valence-electron chi connectivity index (χ2n) is 4.36. The van der Waals surface area contributed by atoms with Gasteiger partial charge in [0.05, 0.1) is 16.3 Å². The van der Waals surface area contributed by atoms with Gasteiger partial charge < -0.3 is 0 Å². The van der Waals surface area contributed by atoms with Crippen LogP contribution in [0.5, 0.6) is 0 Å². The molecule has 1 nitrogen and oxygen atoms in total. The van der Waals surface area contributed by atoms with Crippen molar-refractivity contribution in [3.63, 3.8) is 0 Å². The van der Waals surface area contributed by atoms with E-state index in [0.717, 1.165) is 29.6 Å². The second kappa shape index (κ2) is 5.74. The molecule has 1 heterocycles. The first kappa shape index (κ1) is 14.1. The monoisotopic (exact) mass is 285 g/mol. The molecule has 0 spiro atoms. The Kier molecular flexibility index (Phi) is 4.24. The Labute approximate surface area is 114 Å². The number of aromatic nitrogens is 1. The highest BCUT2D eigenvalue weighted by atomic mass is 32.1. The third-order valence-corrected chi connectivity index (χ3v) is 3.61. The van der Waals surface area contributed by atoms with Crippen LogP contribution in [0.15, 0.2) is 29.6 Å². The average Bonchev–Trinajstić information content (AvgIpc) is 2.76. The summed E-state index contributed by atoms with van der Waals surface area (Å²) in [5, 5.41) is 2.84. The summed E-state index contributed by atoms with van der Waals surface area (Å²) in [5.74, 6) is 0. The van der Waals surface area contributed by atoms with E-state index in [1.54, 1.807) is 6.07 Å². The Morgan fingerprint density at radius 2 is 2.05 bits per heavy atom. The quantitative estimate of drug-likeness (QED) is 0.793. The zero-order valence-corrected chi connectivity index (χ0v) is 11.3. The molecule has 0 unspecified atom stereocenters. The fourth-order valence-corrected chi connectivity index (χ4v) is 2.70. The molecule has 19 heavy (non-hydrogen) atoms. The minimum atomic E-state index is -4.29. The number of halogens is 3. The summed E-state index contributed by atoms with van der Waals surface area (Å²) in [4.78, 5) is 4.42. The summed E-state index contributed by atoms with van der Waals surface area (Å²) in [6.45, 7) is 2.08. The van der Waals surface area contributed by atoms with Gasteiger partial charge in [-0.25, -0.2) is 4.98 Å². The van der Waals surface area contributed by atoms with Crippen molar-refractivity contribution < 1.29 is 13.2 Å². The van der Waals surface area contributed by atoms with E-state index in [9.17, 15) is 13.2 Å². The van der Waals surface area contributed by atoms with Gasteiger partial charge in [0.1, 0.15) is 0 Å². The predicted molar refractivity (Wildman–Crippen MR) is 70.4 cm³/mol. The third-order valence-electron chi connectivity index (χ3n) is 2.72. The Bertz CT molecular complexity index is 546. The van der Waals surface area contributed by atoms with Gasteiger partial charge >= 0.3 is 6.18 Å². The van der Waals surface area contributed by atoms with E-state index < -0.39 is 11.7 Å². The van der Waals surface area contributed by atoms with Crippen LogP contribution >= 0.6 is 11.3 Å². The molecule has 2 rings (SSSR count). The first-order valence-electron chi connectivity index (χ1n) is 6.08. The molecule has 0 atom stereocenters. The minimum absolute atomic E-state index is 0.457. The molecule has 5 heteroatoms. The molecule has 102 valence electrons. The van der Waals surface area contributed by atoms with Gasteiger partial charge in [0, 0.05) is 11.8 Å². The maximum absolute atomic E-state index is 12.6. The molecule has 0 aliphatic rings. The Hall–Kier alpha value is -1.36. The van der Waals surface area contributed by atoms with E-state index in [4.69, 9.17) is 0 Å². The van der Waals surface area contributed by atoms with Crippen LogP contribution in [0, 0.1) is 0 Å². The summed E-state index contributed by atoms with van der Waals surface area (Å²) in [6, 6.07) is 5.43. The molecule has 1 aromatic heterocycles. The van der Waals surface area contributed by atoms with Gasteiger partial charge in [0.15, 0.2) is 0 Å². The molecule has 0 amide bonds. The van der Waals surface area contributed by atoms with Crippen molar-refractivity contribution >= 4 is 11.3 Å². The predicted octanol–water partition coefficient (Wildman–Crippen LogP) is 4.71. The van der Waals surface area contributed by atoms with Gasteiger partial charge in [0.2, 0.25) is 0 Å². The summed E-state index contributed by atoms with van der Waals surface area (Å²) in [7, 11) is 0. The molecule has 0 fully saturated rings. The molecular formula is C14H14F3NS. The standard InChI is InChI=1S/C14H14F3NS/c1-2-4-12-9-19-13(18-12)8-10-5-3-6-11(7-10)14(15,16)17/h3,5-7,9H,2,4,8H2,1H3. The Morgan fingerprint density at radius 3 is 2.74 bits per heavy atom. The van der Waals surface area contributed by atoms with Crippen LogP contribution in [-0.4, -0.2) is 4.98 Å². The van der Waals surface area contributed by atoms with E-state index in [-0.39, 0.29) is 0 Å². The second-order valence-corrected chi connectivity index (χ2v) is 5.30. The minimum Gasteiger partial charge on any atom is -0.246 e. The van der Waals surface area contributed by atoms with Crippen molar-refractivity contribution in [3.05, 3.63) is 51.5 Å². The Morgan fingerprint density at radius 1 is 1.26 bits per heavy atom. The van der Waals surface area contributed by atoms with Gasteiger partial charge in [0.25, 0.3) is 0 Å². The third kappa shape index (κ3) is 3.80. The fraction of sp³-hybridized carbons (Fsp3) is 0.357. The maximum atomic E-state index is 12.6. The van der Waals surface area contributed by atoms with Gasteiger partial charge in [-0.3, -0.25) is 0 Å². The van der Waals surface area contributed by atoms with Crippen LogP contribution in [0.25, 0.3) is 0 Å². The van der Waals surface area contributed by atoms with Gasteiger partial charge in [-0.05, 0) is 18.1 Å². The average molecular weight is 285 g/mol. The number of hydrogen-bond acceptors (Lipinski definition) is 2. The molecular weight excluding hydrogens is 271 g/mol. The lowest BCUT2D eigenvalue weighted by molar-refractivity contribution is -0.137. The highest BCUT2D eigenvalue weighted by molar-refractivity contribution is 7.09. The van der Waals surface area contributed by atoms with E-state index >= 15 is 0 Å². The molecule has 1 aromatic carbocycles. The number of aryl methyl sites for hydroxylation is 1. The smallest absolute Gasteiger partial charge is 0.246 e. The van der Waals surface area contributed by atoms with Gasteiger partial charge in [-0.2, -0.15) is 13.2 Å². The molecule has 0 N–H and O–H groups in total. The summed E-state index contributed by atoms with van der Waals surface area (Å²) < 4.78 is 37.8. The lowest BCUT2D eigenvalue weighted by Gasteiger charge is -2.07. The lowest BCUT2D eigenvalue weighted by atomic mass is 10.1. The van der Waals surface area contributed by atoms with Crippen molar-refractivity contribution in [2.45, 2.75) is 32.4 Å². The summed E-state index contributed by atoms with van der Waals surface area (Å²) in [6.07, 6.45) is -1.89. The number of alkyl halides is 3. The van der Waals surface area contributed by atoms with Crippen LogP contribution in [-0.2, 0) is 19.0 Å². The normalized spacial score (nSPS) is 11.8. The summed E-state index contributed by atoms with van der Waals surface area (Å²) >= 11 is 1.51. The molecule has 0 saturated carbocycles. The van der Waals surface area contributed by atoms with E-state index in [1.807, 2.05) is 5.38 Å². The topological polar surface area (TPSA) is 12.9 Å². The molecule has 0 aliphatic carbocycles. The highest BCUT2D eigenvalue weighted by Gasteiger charge is 2.30. The first-order chi connectivity index (χ1) is 8.99. The Balaban J connectivity index is 2.14. The van der Waals surface area contributed by atoms with E-state index in [2.05, 4.69) is 11.9 Å². The number of rotatable bonds is 4. The van der Waals surface area contributed by atoms with Crippen LogP contribution in [0.3, 0.4) is 0 Å². The summed E-state index contributed by atoms with van der Waals surface area (Å²) in [5.41, 5.74) is 1.07. The van der Waals surface area contributed by atoms with Crippen molar-refractivity contribution in [2.24, 2.45) is 0 Å². The number of thiazole rings is 1. The van der Waals surface area contributed by atoms with Crippen molar-refractivity contribution in [2.75, 3.05) is 0 Å². The zero-order valence-electron chi connectivity index (χ0n) is 10.5. The molecule has 2 aromatic rings. The number of benzene rings is 1. The van der Waals surface area contributed by atoms with Crippen LogP contribution in [0.1, 0.15) is 35.2 Å².